The maximum absolute atomic E-state index is 13.3. The van der Waals surface area contributed by atoms with Crippen molar-refractivity contribution in [2.75, 3.05) is 19.6 Å². The Balaban J connectivity index is 1.33. The Kier molecular flexibility index (Phi) is 6.36. The number of pyridine rings is 1. The molecular formula is C28H27FN2O4. The van der Waals surface area contributed by atoms with Crippen molar-refractivity contribution in [1.29, 1.82) is 0 Å². The number of carboxylic acids is 1. The zero-order valence-electron chi connectivity index (χ0n) is 19.3. The van der Waals surface area contributed by atoms with Gasteiger partial charge in [-0.3, -0.25) is 4.98 Å². The van der Waals surface area contributed by atoms with Gasteiger partial charge in [0.05, 0.1) is 16.9 Å². The largest absolute Gasteiger partial charge is 0.487 e. The number of aromatic carboxylic acids is 1. The molecule has 2 aromatic carbocycles. The quantitative estimate of drug-likeness (QED) is 0.562. The van der Waals surface area contributed by atoms with Gasteiger partial charge in [0.25, 0.3) is 0 Å². The number of rotatable bonds is 5. The maximum Gasteiger partial charge on any atom is 0.335 e. The monoisotopic (exact) mass is 474 g/mol. The summed E-state index contributed by atoms with van der Waals surface area (Å²) in [6.07, 6.45) is 5.77. The average molecular weight is 475 g/mol. The SMILES string of the molecule is O=C(O)c1ccc2c(c1)/C(=C/CCN1CCC(O)(c3ccc(F)cc3)CC1)c1cccnc1CO2. The minimum Gasteiger partial charge on any atom is -0.487 e. The van der Waals surface area contributed by atoms with E-state index in [0.29, 0.717) is 25.2 Å². The van der Waals surface area contributed by atoms with E-state index in [4.69, 9.17) is 4.74 Å². The van der Waals surface area contributed by atoms with Gasteiger partial charge in [0.15, 0.2) is 0 Å². The molecule has 1 aromatic heterocycles. The van der Waals surface area contributed by atoms with Crippen LogP contribution in [0.1, 0.15) is 52.0 Å². The number of ether oxygens (including phenoxy) is 1. The Morgan fingerprint density at radius 3 is 2.63 bits per heavy atom. The van der Waals surface area contributed by atoms with Crippen molar-refractivity contribution in [2.45, 2.75) is 31.5 Å². The van der Waals surface area contributed by atoms with Gasteiger partial charge in [-0.15, -0.1) is 0 Å². The summed E-state index contributed by atoms with van der Waals surface area (Å²) in [5.74, 6) is -0.646. The Morgan fingerprint density at radius 2 is 1.89 bits per heavy atom. The summed E-state index contributed by atoms with van der Waals surface area (Å²) < 4.78 is 19.2. The zero-order valence-corrected chi connectivity index (χ0v) is 19.3. The molecule has 1 saturated heterocycles. The number of halogens is 1. The van der Waals surface area contributed by atoms with E-state index in [9.17, 15) is 19.4 Å². The normalized spacial score (nSPS) is 18.3. The van der Waals surface area contributed by atoms with Crippen LogP contribution in [0.2, 0.25) is 0 Å². The Labute approximate surface area is 203 Å². The fourth-order valence-corrected chi connectivity index (χ4v) is 4.90. The van der Waals surface area contributed by atoms with Crippen molar-refractivity contribution >= 4 is 11.5 Å². The molecule has 2 aliphatic heterocycles. The van der Waals surface area contributed by atoms with E-state index in [-0.39, 0.29) is 11.4 Å². The number of aromatic nitrogens is 1. The topological polar surface area (TPSA) is 82.9 Å². The molecule has 0 spiro atoms. The highest BCUT2D eigenvalue weighted by molar-refractivity contribution is 5.92. The summed E-state index contributed by atoms with van der Waals surface area (Å²) in [6, 6.07) is 14.9. The molecule has 2 aliphatic rings. The van der Waals surface area contributed by atoms with Crippen molar-refractivity contribution < 1.29 is 24.1 Å². The number of aliphatic hydroxyl groups is 1. The van der Waals surface area contributed by atoms with E-state index < -0.39 is 11.6 Å². The second-order valence-electron chi connectivity index (χ2n) is 9.09. The third kappa shape index (κ3) is 4.83. The fraction of sp³-hybridized carbons (Fsp3) is 0.286. The molecule has 3 aromatic rings. The first-order valence-electron chi connectivity index (χ1n) is 11.8. The summed E-state index contributed by atoms with van der Waals surface area (Å²) in [5.41, 5.74) is 3.46. The van der Waals surface area contributed by atoms with Gasteiger partial charge in [0, 0.05) is 37.0 Å². The summed E-state index contributed by atoms with van der Waals surface area (Å²) in [4.78, 5) is 18.4. The Morgan fingerprint density at radius 1 is 1.11 bits per heavy atom. The standard InChI is InChI=1S/C28H27FN2O4/c29-21-8-6-20(7-9-21)28(34)11-15-31(16-12-28)14-2-4-22-23-3-1-13-30-25(23)18-35-26-10-5-19(27(32)33)17-24(22)26/h1,3-10,13,17,34H,2,11-12,14-16,18H2,(H,32,33)/b22-4+. The summed E-state index contributed by atoms with van der Waals surface area (Å²) in [7, 11) is 0. The van der Waals surface area contributed by atoms with Crippen molar-refractivity contribution in [3.05, 3.63) is 101 Å². The molecule has 0 atom stereocenters. The number of nitrogens with zero attached hydrogens (tertiary/aromatic N) is 2. The lowest BCUT2D eigenvalue weighted by Gasteiger charge is -2.38. The molecule has 0 bridgehead atoms. The Bertz CT molecular complexity index is 1260. The maximum atomic E-state index is 13.3. The van der Waals surface area contributed by atoms with Crippen LogP contribution in [0, 0.1) is 5.82 Å². The molecule has 0 amide bonds. The van der Waals surface area contributed by atoms with Gasteiger partial charge in [-0.2, -0.15) is 0 Å². The number of fused-ring (bicyclic) bond motifs is 2. The van der Waals surface area contributed by atoms with Gasteiger partial charge >= 0.3 is 5.97 Å². The number of hydrogen-bond acceptors (Lipinski definition) is 5. The minimum absolute atomic E-state index is 0.210. The van der Waals surface area contributed by atoms with Crippen LogP contribution in [0.5, 0.6) is 5.75 Å². The van der Waals surface area contributed by atoms with Crippen molar-refractivity contribution in [3.63, 3.8) is 0 Å². The smallest absolute Gasteiger partial charge is 0.335 e. The van der Waals surface area contributed by atoms with Crippen molar-refractivity contribution in [3.8, 4) is 5.75 Å². The van der Waals surface area contributed by atoms with E-state index >= 15 is 0 Å². The summed E-state index contributed by atoms with van der Waals surface area (Å²) in [6.45, 7) is 2.59. The summed E-state index contributed by atoms with van der Waals surface area (Å²) >= 11 is 0. The number of piperidine rings is 1. The van der Waals surface area contributed by atoms with Crippen LogP contribution < -0.4 is 4.74 Å². The van der Waals surface area contributed by atoms with Crippen LogP contribution in [0.25, 0.3) is 5.57 Å². The van der Waals surface area contributed by atoms with Crippen LogP contribution >= 0.6 is 0 Å². The van der Waals surface area contributed by atoms with Crippen LogP contribution in [0.3, 0.4) is 0 Å². The number of benzene rings is 2. The summed E-state index contributed by atoms with van der Waals surface area (Å²) in [5, 5.41) is 20.6. The number of hydrogen-bond donors (Lipinski definition) is 2. The molecule has 35 heavy (non-hydrogen) atoms. The van der Waals surface area contributed by atoms with Gasteiger partial charge in [-0.1, -0.05) is 24.3 Å². The lowest BCUT2D eigenvalue weighted by atomic mass is 9.84. The van der Waals surface area contributed by atoms with Crippen molar-refractivity contribution in [2.24, 2.45) is 0 Å². The first-order valence-corrected chi connectivity index (χ1v) is 11.8. The number of likely N-dealkylation sites (tertiary alicyclic amines) is 1. The first-order chi connectivity index (χ1) is 16.9. The molecule has 3 heterocycles. The van der Waals surface area contributed by atoms with Gasteiger partial charge in [-0.05, 0) is 66.8 Å². The van der Waals surface area contributed by atoms with Crippen LogP contribution in [-0.4, -0.2) is 45.7 Å². The Hall–Kier alpha value is -3.55. The molecule has 2 N–H and O–H groups in total. The molecule has 0 aliphatic carbocycles. The number of carboxylic acid groups (broad SMARTS) is 1. The average Bonchev–Trinajstić information content (AvgIpc) is 3.02. The van der Waals surface area contributed by atoms with E-state index in [1.165, 1.54) is 12.1 Å². The third-order valence-electron chi connectivity index (χ3n) is 6.92. The molecule has 1 fully saturated rings. The molecule has 0 saturated carbocycles. The van der Waals surface area contributed by atoms with E-state index in [1.807, 2.05) is 12.1 Å². The van der Waals surface area contributed by atoms with E-state index in [1.54, 1.807) is 36.5 Å². The zero-order chi connectivity index (χ0) is 24.4. The van der Waals surface area contributed by atoms with Crippen LogP contribution in [0.4, 0.5) is 4.39 Å². The van der Waals surface area contributed by atoms with Gasteiger partial charge < -0.3 is 19.8 Å². The fourth-order valence-electron chi connectivity index (χ4n) is 4.90. The van der Waals surface area contributed by atoms with Gasteiger partial charge in [0.1, 0.15) is 18.2 Å². The highest BCUT2D eigenvalue weighted by Crippen LogP contribution is 2.37. The molecule has 0 unspecified atom stereocenters. The third-order valence-corrected chi connectivity index (χ3v) is 6.92. The second kappa shape index (κ2) is 9.60. The van der Waals surface area contributed by atoms with Gasteiger partial charge in [0.2, 0.25) is 0 Å². The highest BCUT2D eigenvalue weighted by atomic mass is 19.1. The van der Waals surface area contributed by atoms with Crippen molar-refractivity contribution in [1.82, 2.24) is 9.88 Å². The molecule has 0 radical (unpaired) electrons. The first kappa shape index (κ1) is 23.2. The van der Waals surface area contributed by atoms with Gasteiger partial charge in [-0.25, -0.2) is 9.18 Å². The van der Waals surface area contributed by atoms with E-state index in [2.05, 4.69) is 16.0 Å². The predicted octanol–water partition coefficient (Wildman–Crippen LogP) is 4.62. The molecular weight excluding hydrogens is 447 g/mol. The predicted molar refractivity (Wildman–Crippen MR) is 130 cm³/mol. The molecule has 6 nitrogen and oxygen atoms in total. The van der Waals surface area contributed by atoms with Crippen LogP contribution in [0.15, 0.2) is 66.9 Å². The second-order valence-corrected chi connectivity index (χ2v) is 9.09. The van der Waals surface area contributed by atoms with Crippen LogP contribution in [-0.2, 0) is 12.2 Å². The highest BCUT2D eigenvalue weighted by Gasteiger charge is 2.33. The lowest BCUT2D eigenvalue weighted by Crippen LogP contribution is -2.42. The number of carbonyl (C=O) groups is 1. The molecule has 5 rings (SSSR count). The lowest BCUT2D eigenvalue weighted by molar-refractivity contribution is -0.0254. The molecule has 7 heteroatoms. The minimum atomic E-state index is -0.982. The van der Waals surface area contributed by atoms with E-state index in [0.717, 1.165) is 54.0 Å². The molecule has 180 valence electrons.